The Balaban J connectivity index is 0.000000309. The number of para-hydroxylation sites is 2. The first-order chi connectivity index (χ1) is 31.6. The number of aromatic nitrogens is 2. The number of fused-ring (bicyclic) bond motifs is 2. The van der Waals surface area contributed by atoms with Crippen LogP contribution in [0.5, 0.6) is 0 Å². The standard InChI is InChI=1S/2C19H26N2.3C4H4O4/c2*1-2-15-14-20-12-10-16(15)6-5-7-17-11-13-21-19-9-4-3-8-18(17)19;3*5-3(6)1-2-4(7)8/h2*3-4,8-9,11,13,15-16,20H,2,5-7,10,12,14H2,1H3;3*1-2H,(H,5,6)(H,7,8)/b;;3*2-1+/t2*15-,16+;;;/m00.../s1. The minimum atomic E-state index is -1.26. The predicted octanol–water partition coefficient (Wildman–Crippen LogP) is 7.52. The van der Waals surface area contributed by atoms with E-state index in [1.807, 2.05) is 12.4 Å². The van der Waals surface area contributed by atoms with E-state index < -0.39 is 35.8 Å². The molecule has 356 valence electrons. The zero-order valence-electron chi connectivity index (χ0n) is 37.6. The summed E-state index contributed by atoms with van der Waals surface area (Å²) in [5.41, 5.74) is 5.18. The summed E-state index contributed by atoms with van der Waals surface area (Å²) in [6, 6.07) is 21.4. The average Bonchev–Trinajstić information content (AvgIpc) is 3.31. The van der Waals surface area contributed by atoms with Crippen molar-refractivity contribution in [3.05, 3.63) is 121 Å². The lowest BCUT2D eigenvalue weighted by Crippen LogP contribution is -2.36. The van der Waals surface area contributed by atoms with Crippen LogP contribution in [0.3, 0.4) is 0 Å². The number of aliphatic carboxylic acids is 6. The summed E-state index contributed by atoms with van der Waals surface area (Å²) in [5, 5.41) is 56.6. The molecule has 2 aromatic heterocycles. The molecule has 2 aliphatic heterocycles. The van der Waals surface area contributed by atoms with Crippen molar-refractivity contribution < 1.29 is 59.4 Å². The van der Waals surface area contributed by atoms with Gasteiger partial charge in [0.15, 0.2) is 0 Å². The van der Waals surface area contributed by atoms with E-state index in [0.717, 1.165) is 34.7 Å². The molecule has 16 heteroatoms. The van der Waals surface area contributed by atoms with Gasteiger partial charge >= 0.3 is 35.8 Å². The van der Waals surface area contributed by atoms with Gasteiger partial charge in [-0.1, -0.05) is 63.1 Å². The van der Waals surface area contributed by atoms with Gasteiger partial charge in [0.25, 0.3) is 0 Å². The molecule has 0 saturated carbocycles. The van der Waals surface area contributed by atoms with Crippen LogP contribution in [-0.2, 0) is 41.6 Å². The van der Waals surface area contributed by atoms with Crippen molar-refractivity contribution in [2.45, 2.75) is 78.1 Å². The van der Waals surface area contributed by atoms with Crippen LogP contribution in [0.15, 0.2) is 110 Å². The molecule has 2 fully saturated rings. The second-order valence-corrected chi connectivity index (χ2v) is 15.6. The van der Waals surface area contributed by atoms with Crippen LogP contribution in [0.25, 0.3) is 21.8 Å². The number of carboxylic acids is 6. The van der Waals surface area contributed by atoms with Gasteiger partial charge in [-0.05, 0) is 137 Å². The third kappa shape index (κ3) is 23.2. The highest BCUT2D eigenvalue weighted by Crippen LogP contribution is 2.29. The maximum atomic E-state index is 9.55. The average molecular weight is 913 g/mol. The zero-order valence-corrected chi connectivity index (χ0v) is 37.6. The molecule has 0 amide bonds. The molecule has 4 heterocycles. The molecule has 0 unspecified atom stereocenters. The lowest BCUT2D eigenvalue weighted by Gasteiger charge is -2.31. The van der Waals surface area contributed by atoms with Crippen molar-refractivity contribution in [2.24, 2.45) is 23.7 Å². The molecule has 4 aromatic rings. The van der Waals surface area contributed by atoms with Gasteiger partial charge in [0.2, 0.25) is 0 Å². The molecular formula is C50H64N4O12. The van der Waals surface area contributed by atoms with Crippen LogP contribution in [-0.4, -0.2) is 103 Å². The molecule has 8 N–H and O–H groups in total. The van der Waals surface area contributed by atoms with E-state index in [1.165, 1.54) is 112 Å². The summed E-state index contributed by atoms with van der Waals surface area (Å²) in [7, 11) is 0. The summed E-state index contributed by atoms with van der Waals surface area (Å²) in [5.74, 6) is -3.94. The largest absolute Gasteiger partial charge is 0.478 e. The Morgan fingerprint density at radius 3 is 1.12 bits per heavy atom. The maximum absolute atomic E-state index is 9.55. The van der Waals surface area contributed by atoms with E-state index in [1.54, 1.807) is 0 Å². The highest BCUT2D eigenvalue weighted by atomic mass is 16.4. The van der Waals surface area contributed by atoms with E-state index >= 15 is 0 Å². The molecule has 4 atom stereocenters. The van der Waals surface area contributed by atoms with Gasteiger partial charge in [0, 0.05) is 59.6 Å². The van der Waals surface area contributed by atoms with Gasteiger partial charge in [-0.25, -0.2) is 28.8 Å². The smallest absolute Gasteiger partial charge is 0.328 e. The van der Waals surface area contributed by atoms with Crippen LogP contribution in [0, 0.1) is 23.7 Å². The summed E-state index contributed by atoms with van der Waals surface area (Å²) < 4.78 is 0. The Labute approximate surface area is 385 Å². The van der Waals surface area contributed by atoms with Gasteiger partial charge in [-0.3, -0.25) is 9.97 Å². The Hall–Kier alpha value is -6.78. The van der Waals surface area contributed by atoms with Crippen LogP contribution in [0.4, 0.5) is 0 Å². The Bertz CT molecular complexity index is 2000. The fraction of sp³-hybridized carbons (Fsp3) is 0.400. The number of carboxylic acid groups (broad SMARTS) is 6. The number of nitrogens with one attached hydrogen (secondary N) is 2. The second kappa shape index (κ2) is 32.0. The van der Waals surface area contributed by atoms with Crippen LogP contribution < -0.4 is 10.6 Å². The fourth-order valence-corrected chi connectivity index (χ4v) is 7.95. The maximum Gasteiger partial charge on any atom is 0.328 e. The van der Waals surface area contributed by atoms with E-state index in [2.05, 4.69) is 95.1 Å². The van der Waals surface area contributed by atoms with E-state index in [-0.39, 0.29) is 0 Å². The summed E-state index contributed by atoms with van der Waals surface area (Å²) in [6.07, 6.45) is 20.3. The summed E-state index contributed by atoms with van der Waals surface area (Å²) in [6.45, 7) is 9.53. The molecule has 0 aliphatic carbocycles. The van der Waals surface area contributed by atoms with Gasteiger partial charge in [-0.15, -0.1) is 0 Å². The zero-order chi connectivity index (χ0) is 48.7. The number of hydrogen-bond acceptors (Lipinski definition) is 10. The van der Waals surface area contributed by atoms with Gasteiger partial charge in [0.05, 0.1) is 11.0 Å². The molecular weight excluding hydrogens is 849 g/mol. The first kappa shape index (κ1) is 55.4. The number of nitrogens with zero attached hydrogens (tertiary/aromatic N) is 2. The van der Waals surface area contributed by atoms with Crippen molar-refractivity contribution >= 4 is 57.6 Å². The summed E-state index contributed by atoms with van der Waals surface area (Å²) >= 11 is 0. The molecule has 6 rings (SSSR count). The fourth-order valence-electron chi connectivity index (χ4n) is 7.95. The topological polar surface area (TPSA) is 274 Å². The van der Waals surface area contributed by atoms with Gasteiger partial charge in [0.1, 0.15) is 0 Å². The van der Waals surface area contributed by atoms with Crippen LogP contribution >= 0.6 is 0 Å². The van der Waals surface area contributed by atoms with E-state index in [0.29, 0.717) is 36.5 Å². The molecule has 2 aliphatic rings. The quantitative estimate of drug-likeness (QED) is 0.0505. The Morgan fingerprint density at radius 1 is 0.500 bits per heavy atom. The number of benzene rings is 2. The first-order valence-electron chi connectivity index (χ1n) is 22.1. The van der Waals surface area contributed by atoms with Crippen molar-refractivity contribution in [3.63, 3.8) is 0 Å². The number of piperidine rings is 2. The minimum Gasteiger partial charge on any atom is -0.478 e. The van der Waals surface area contributed by atoms with Crippen molar-refractivity contribution in [1.29, 1.82) is 0 Å². The Kier molecular flexibility index (Phi) is 26.8. The third-order valence-corrected chi connectivity index (χ3v) is 11.2. The highest BCUT2D eigenvalue weighted by Gasteiger charge is 2.24. The molecule has 2 saturated heterocycles. The van der Waals surface area contributed by atoms with E-state index in [9.17, 15) is 28.8 Å². The number of rotatable bonds is 16. The number of carbonyl (C=O) groups is 6. The first-order valence-corrected chi connectivity index (χ1v) is 22.1. The highest BCUT2D eigenvalue weighted by molar-refractivity contribution is 5.90. The molecule has 0 radical (unpaired) electrons. The lowest BCUT2D eigenvalue weighted by atomic mass is 9.81. The number of pyridine rings is 2. The van der Waals surface area contributed by atoms with Gasteiger partial charge < -0.3 is 41.3 Å². The number of hydrogen-bond donors (Lipinski definition) is 8. The molecule has 16 nitrogen and oxygen atoms in total. The number of aryl methyl sites for hydroxylation is 2. The van der Waals surface area contributed by atoms with Crippen LogP contribution in [0.1, 0.15) is 76.3 Å². The molecule has 2 aromatic carbocycles. The molecule has 0 spiro atoms. The van der Waals surface area contributed by atoms with Gasteiger partial charge in [-0.2, -0.15) is 0 Å². The monoisotopic (exact) mass is 912 g/mol. The van der Waals surface area contributed by atoms with E-state index in [4.69, 9.17) is 30.6 Å². The molecule has 0 bridgehead atoms. The Morgan fingerprint density at radius 2 is 0.818 bits per heavy atom. The normalized spacial score (nSPS) is 17.8. The van der Waals surface area contributed by atoms with Crippen molar-refractivity contribution in [3.8, 4) is 0 Å². The third-order valence-electron chi connectivity index (χ3n) is 11.2. The van der Waals surface area contributed by atoms with Crippen molar-refractivity contribution in [2.75, 3.05) is 26.2 Å². The SMILES string of the molecule is CC[C@H]1CNCC[C@H]1CCCc1ccnc2ccccc12.CC[C@H]1CNCC[C@H]1CCCc1ccnc2ccccc12.O=C(O)/C=C/C(=O)O.O=C(O)/C=C/C(=O)O.O=C(O)/C=C/C(=O)O. The molecule has 66 heavy (non-hydrogen) atoms. The lowest BCUT2D eigenvalue weighted by molar-refractivity contribution is -0.134. The predicted molar refractivity (Wildman–Crippen MR) is 252 cm³/mol. The second-order valence-electron chi connectivity index (χ2n) is 15.6. The van der Waals surface area contributed by atoms with Crippen molar-refractivity contribution in [1.82, 2.24) is 20.6 Å². The summed E-state index contributed by atoms with van der Waals surface area (Å²) in [4.78, 5) is 66.2. The minimum absolute atomic E-state index is 0.558. The van der Waals surface area contributed by atoms with Crippen LogP contribution in [0.2, 0.25) is 0 Å².